The SMILES string of the molecule is O=c1ccc(N2CCCCC2CNCc2c[nH]c3ccccc23)nn1C1CCCCC1O. The number of anilines is 1. The van der Waals surface area contributed by atoms with Crippen molar-refractivity contribution in [2.24, 2.45) is 0 Å². The summed E-state index contributed by atoms with van der Waals surface area (Å²) < 4.78 is 1.55. The summed E-state index contributed by atoms with van der Waals surface area (Å²) >= 11 is 0. The van der Waals surface area contributed by atoms with Crippen LogP contribution in [0, 0.1) is 0 Å². The number of rotatable bonds is 6. The van der Waals surface area contributed by atoms with E-state index in [1.165, 1.54) is 22.9 Å². The lowest BCUT2D eigenvalue weighted by Crippen LogP contribution is -2.47. The van der Waals surface area contributed by atoms with Gasteiger partial charge in [0.1, 0.15) is 5.82 Å². The van der Waals surface area contributed by atoms with Gasteiger partial charge < -0.3 is 20.3 Å². The van der Waals surface area contributed by atoms with E-state index in [1.807, 2.05) is 6.07 Å². The van der Waals surface area contributed by atoms with Crippen LogP contribution in [0.3, 0.4) is 0 Å². The average Bonchev–Trinajstić information content (AvgIpc) is 3.24. The second-order valence-electron chi connectivity index (χ2n) is 9.23. The van der Waals surface area contributed by atoms with Crippen LogP contribution in [-0.4, -0.2) is 45.1 Å². The van der Waals surface area contributed by atoms with E-state index < -0.39 is 6.10 Å². The quantitative estimate of drug-likeness (QED) is 0.553. The molecule has 0 spiro atoms. The summed E-state index contributed by atoms with van der Waals surface area (Å²) in [6, 6.07) is 12.0. The largest absolute Gasteiger partial charge is 0.391 e. The first-order chi connectivity index (χ1) is 15.7. The van der Waals surface area contributed by atoms with E-state index in [-0.39, 0.29) is 11.6 Å². The second-order valence-corrected chi connectivity index (χ2v) is 9.23. The number of benzene rings is 1. The van der Waals surface area contributed by atoms with Gasteiger partial charge in [-0.25, -0.2) is 4.68 Å². The minimum Gasteiger partial charge on any atom is -0.391 e. The van der Waals surface area contributed by atoms with Crippen molar-refractivity contribution in [1.82, 2.24) is 20.1 Å². The normalized spacial score (nSPS) is 24.2. The molecule has 0 bridgehead atoms. The molecule has 32 heavy (non-hydrogen) atoms. The van der Waals surface area contributed by atoms with Crippen molar-refractivity contribution >= 4 is 16.7 Å². The number of fused-ring (bicyclic) bond motifs is 1. The maximum Gasteiger partial charge on any atom is 0.267 e. The van der Waals surface area contributed by atoms with Crippen LogP contribution in [0.25, 0.3) is 10.9 Å². The first kappa shape index (κ1) is 21.2. The minimum absolute atomic E-state index is 0.120. The maximum absolute atomic E-state index is 12.5. The van der Waals surface area contributed by atoms with Crippen LogP contribution in [0.15, 0.2) is 47.4 Å². The Hall–Kier alpha value is -2.64. The number of hydrogen-bond acceptors (Lipinski definition) is 5. The number of piperidine rings is 1. The molecule has 1 aromatic carbocycles. The second kappa shape index (κ2) is 9.46. The van der Waals surface area contributed by atoms with E-state index in [9.17, 15) is 9.90 Å². The number of H-pyrrole nitrogens is 1. The smallest absolute Gasteiger partial charge is 0.267 e. The molecule has 170 valence electrons. The lowest BCUT2D eigenvalue weighted by Gasteiger charge is -2.37. The molecule has 2 fully saturated rings. The molecule has 2 aliphatic rings. The number of hydrogen-bond donors (Lipinski definition) is 3. The highest BCUT2D eigenvalue weighted by molar-refractivity contribution is 5.82. The third-order valence-corrected chi connectivity index (χ3v) is 7.11. The summed E-state index contributed by atoms with van der Waals surface area (Å²) in [4.78, 5) is 18.2. The van der Waals surface area contributed by atoms with E-state index >= 15 is 0 Å². The molecular weight excluding hydrogens is 402 g/mol. The molecule has 1 aliphatic carbocycles. The zero-order valence-electron chi connectivity index (χ0n) is 18.5. The number of aliphatic hydroxyl groups is 1. The van der Waals surface area contributed by atoms with Crippen LogP contribution in [-0.2, 0) is 6.54 Å². The molecule has 2 aromatic heterocycles. The van der Waals surface area contributed by atoms with Crippen molar-refractivity contribution in [3.63, 3.8) is 0 Å². The third kappa shape index (κ3) is 4.32. The molecule has 3 aromatic rings. The summed E-state index contributed by atoms with van der Waals surface area (Å²) in [5.74, 6) is 0.848. The third-order valence-electron chi connectivity index (χ3n) is 7.11. The Morgan fingerprint density at radius 1 is 1.06 bits per heavy atom. The van der Waals surface area contributed by atoms with E-state index in [0.717, 1.165) is 64.0 Å². The molecule has 3 N–H and O–H groups in total. The van der Waals surface area contributed by atoms with Gasteiger partial charge in [-0.05, 0) is 49.8 Å². The minimum atomic E-state index is -0.487. The Labute approximate surface area is 188 Å². The molecule has 7 heteroatoms. The van der Waals surface area contributed by atoms with Crippen molar-refractivity contribution in [2.45, 2.75) is 69.7 Å². The van der Waals surface area contributed by atoms with Gasteiger partial charge >= 0.3 is 0 Å². The number of aromatic amines is 1. The molecule has 0 radical (unpaired) electrons. The number of nitrogens with zero attached hydrogens (tertiary/aromatic N) is 3. The van der Waals surface area contributed by atoms with Gasteiger partial charge in [-0.2, -0.15) is 5.10 Å². The van der Waals surface area contributed by atoms with E-state index in [2.05, 4.69) is 45.7 Å². The van der Waals surface area contributed by atoms with Crippen LogP contribution in [0.4, 0.5) is 5.82 Å². The molecule has 3 unspecified atom stereocenters. The van der Waals surface area contributed by atoms with Gasteiger partial charge in [0, 0.05) is 48.8 Å². The molecule has 3 heterocycles. The predicted molar refractivity (Wildman–Crippen MR) is 127 cm³/mol. The van der Waals surface area contributed by atoms with Gasteiger partial charge in [-0.15, -0.1) is 0 Å². The highest BCUT2D eigenvalue weighted by Crippen LogP contribution is 2.28. The molecular formula is C25H33N5O2. The molecule has 3 atom stereocenters. The number of para-hydroxylation sites is 1. The maximum atomic E-state index is 12.5. The summed E-state index contributed by atoms with van der Waals surface area (Å²) in [5, 5.41) is 20.1. The Balaban J connectivity index is 1.30. The molecule has 5 rings (SSSR count). The predicted octanol–water partition coefficient (Wildman–Crippen LogP) is 3.35. The Bertz CT molecular complexity index is 1110. The van der Waals surface area contributed by atoms with Gasteiger partial charge in [-0.1, -0.05) is 31.0 Å². The zero-order valence-corrected chi connectivity index (χ0v) is 18.5. The van der Waals surface area contributed by atoms with Gasteiger partial charge in [0.05, 0.1) is 12.1 Å². The van der Waals surface area contributed by atoms with E-state index in [1.54, 1.807) is 10.7 Å². The number of aliphatic hydroxyl groups excluding tert-OH is 1. The fourth-order valence-electron chi connectivity index (χ4n) is 5.35. The van der Waals surface area contributed by atoms with Crippen LogP contribution < -0.4 is 15.8 Å². The van der Waals surface area contributed by atoms with Crippen molar-refractivity contribution in [3.8, 4) is 0 Å². The van der Waals surface area contributed by atoms with Gasteiger partial charge in [0.2, 0.25) is 0 Å². The Morgan fingerprint density at radius 3 is 2.81 bits per heavy atom. The number of nitrogens with one attached hydrogen (secondary N) is 2. The van der Waals surface area contributed by atoms with Crippen molar-refractivity contribution < 1.29 is 5.11 Å². The van der Waals surface area contributed by atoms with E-state index in [4.69, 9.17) is 5.10 Å². The fraction of sp³-hybridized carbons (Fsp3) is 0.520. The van der Waals surface area contributed by atoms with Gasteiger partial charge in [0.25, 0.3) is 5.56 Å². The summed E-state index contributed by atoms with van der Waals surface area (Å²) in [6.07, 6.45) is 8.64. The molecule has 1 aliphatic heterocycles. The monoisotopic (exact) mass is 435 g/mol. The number of aromatic nitrogens is 3. The van der Waals surface area contributed by atoms with Crippen LogP contribution in [0.1, 0.15) is 56.6 Å². The van der Waals surface area contributed by atoms with Gasteiger partial charge in [-0.3, -0.25) is 4.79 Å². The Kier molecular flexibility index (Phi) is 6.28. The standard InChI is InChI=1S/C25H33N5O2/c31-23-11-4-3-10-22(23)30-25(32)13-12-24(28-30)29-14-6-5-7-19(29)17-26-15-18-16-27-21-9-2-1-8-20(18)21/h1-2,8-9,12-13,16,19,22-23,26-27,31H,3-7,10-11,14-15,17H2. The zero-order chi connectivity index (χ0) is 21.9. The first-order valence-electron chi connectivity index (χ1n) is 12.0. The summed E-state index contributed by atoms with van der Waals surface area (Å²) in [6.45, 7) is 2.62. The van der Waals surface area contributed by atoms with E-state index in [0.29, 0.717) is 6.04 Å². The molecule has 1 saturated carbocycles. The van der Waals surface area contributed by atoms with Crippen molar-refractivity contribution in [2.75, 3.05) is 18.0 Å². The summed E-state index contributed by atoms with van der Waals surface area (Å²) in [5.41, 5.74) is 2.33. The molecule has 1 saturated heterocycles. The molecule has 0 amide bonds. The lowest BCUT2D eigenvalue weighted by atomic mass is 9.93. The lowest BCUT2D eigenvalue weighted by molar-refractivity contribution is 0.0669. The van der Waals surface area contributed by atoms with Crippen molar-refractivity contribution in [1.29, 1.82) is 0 Å². The molecule has 7 nitrogen and oxygen atoms in total. The first-order valence-corrected chi connectivity index (χ1v) is 12.0. The highest BCUT2D eigenvalue weighted by atomic mass is 16.3. The van der Waals surface area contributed by atoms with Gasteiger partial charge in [0.15, 0.2) is 0 Å². The average molecular weight is 436 g/mol. The van der Waals surface area contributed by atoms with Crippen LogP contribution in [0.2, 0.25) is 0 Å². The fourth-order valence-corrected chi connectivity index (χ4v) is 5.35. The Morgan fingerprint density at radius 2 is 1.91 bits per heavy atom. The topological polar surface area (TPSA) is 86.2 Å². The van der Waals surface area contributed by atoms with Crippen LogP contribution in [0.5, 0.6) is 0 Å². The highest BCUT2D eigenvalue weighted by Gasteiger charge is 2.28. The van der Waals surface area contributed by atoms with Crippen LogP contribution >= 0.6 is 0 Å². The van der Waals surface area contributed by atoms with Crippen molar-refractivity contribution in [3.05, 3.63) is 58.5 Å². The summed E-state index contributed by atoms with van der Waals surface area (Å²) in [7, 11) is 0.